The highest BCUT2D eigenvalue weighted by Gasteiger charge is 2.41. The molecule has 9 heteroatoms. The Hall–Kier alpha value is -2.71. The minimum atomic E-state index is -0.989. The van der Waals surface area contributed by atoms with Crippen LogP contribution < -0.4 is 4.74 Å². The predicted octanol–water partition coefficient (Wildman–Crippen LogP) is 4.35. The highest BCUT2D eigenvalue weighted by atomic mass is 35.5. The number of aryl methyl sites for hydroxylation is 1. The number of imide groups is 1. The van der Waals surface area contributed by atoms with Crippen molar-refractivity contribution < 1.29 is 23.9 Å². The summed E-state index contributed by atoms with van der Waals surface area (Å²) in [6.07, 6.45) is 1.66. The molecular weight excluding hydrogens is 428 g/mol. The molecule has 1 aromatic heterocycles. The molecule has 0 spiro atoms. The second kappa shape index (κ2) is 8.57. The molecule has 30 heavy (non-hydrogen) atoms. The fraction of sp³-hybridized carbons (Fsp3) is 0.286. The first kappa shape index (κ1) is 22.0. The lowest BCUT2D eigenvalue weighted by Gasteiger charge is -2.18. The smallest absolute Gasteiger partial charge is 0.328 e. The molecule has 0 N–H and O–H groups in total. The van der Waals surface area contributed by atoms with Crippen LogP contribution in [0.5, 0.6) is 5.75 Å². The number of halogens is 1. The maximum absolute atomic E-state index is 12.8. The van der Waals surface area contributed by atoms with Crippen molar-refractivity contribution in [1.29, 1.82) is 0 Å². The SMILES string of the molecule is COC(=O)[C@H](C)N1C(=O)S/C(=C/c2cc(C)n(-c3cc(Cl)ccc3OC)c2C)C1=O. The number of thioether (sulfide) groups is 1. The molecule has 1 aliphatic rings. The van der Waals surface area contributed by atoms with E-state index in [0.717, 1.165) is 39.3 Å². The number of esters is 1. The van der Waals surface area contributed by atoms with Crippen LogP contribution in [0.2, 0.25) is 5.02 Å². The third-order valence-electron chi connectivity index (χ3n) is 4.89. The average Bonchev–Trinajstić information content (AvgIpc) is 3.15. The molecule has 0 radical (unpaired) electrons. The Balaban J connectivity index is 2.02. The van der Waals surface area contributed by atoms with E-state index in [2.05, 4.69) is 4.74 Å². The second-order valence-corrected chi connectivity index (χ2v) is 8.16. The standard InChI is InChI=1S/C21H21ClN2O5S/c1-11-8-14(12(2)23(11)16-10-15(22)6-7-17(16)28-4)9-18-19(25)24(21(27)30-18)13(3)20(26)29-5/h6-10,13H,1-5H3/b18-9+/t13-/m0/s1. The largest absolute Gasteiger partial charge is 0.495 e. The maximum atomic E-state index is 12.8. The molecule has 0 aliphatic carbocycles. The topological polar surface area (TPSA) is 77.8 Å². The van der Waals surface area contributed by atoms with Crippen LogP contribution in [0.3, 0.4) is 0 Å². The molecule has 7 nitrogen and oxygen atoms in total. The van der Waals surface area contributed by atoms with Gasteiger partial charge in [0, 0.05) is 16.4 Å². The summed E-state index contributed by atoms with van der Waals surface area (Å²) in [4.78, 5) is 38.0. The van der Waals surface area contributed by atoms with Gasteiger partial charge in [-0.2, -0.15) is 0 Å². The van der Waals surface area contributed by atoms with Crippen molar-refractivity contribution in [2.45, 2.75) is 26.8 Å². The Bertz CT molecular complexity index is 1080. The van der Waals surface area contributed by atoms with Crippen LogP contribution in [-0.4, -0.2) is 46.8 Å². The van der Waals surface area contributed by atoms with E-state index < -0.39 is 23.2 Å². The van der Waals surface area contributed by atoms with Crippen molar-refractivity contribution in [2.24, 2.45) is 0 Å². The van der Waals surface area contributed by atoms with Crippen molar-refractivity contribution in [3.63, 3.8) is 0 Å². The van der Waals surface area contributed by atoms with Crippen molar-refractivity contribution in [1.82, 2.24) is 9.47 Å². The molecule has 0 bridgehead atoms. The van der Waals surface area contributed by atoms with Crippen LogP contribution in [0.1, 0.15) is 23.9 Å². The summed E-state index contributed by atoms with van der Waals surface area (Å²) >= 11 is 6.98. The van der Waals surface area contributed by atoms with Gasteiger partial charge in [-0.25, -0.2) is 4.79 Å². The third-order valence-corrected chi connectivity index (χ3v) is 6.01. The average molecular weight is 449 g/mol. The van der Waals surface area contributed by atoms with E-state index in [1.807, 2.05) is 24.5 Å². The van der Waals surface area contributed by atoms with E-state index in [1.165, 1.54) is 14.0 Å². The monoisotopic (exact) mass is 448 g/mol. The summed E-state index contributed by atoms with van der Waals surface area (Å²) in [6, 6.07) is 6.26. The van der Waals surface area contributed by atoms with Crippen molar-refractivity contribution in [2.75, 3.05) is 14.2 Å². The minimum absolute atomic E-state index is 0.245. The van der Waals surface area contributed by atoms with E-state index in [4.69, 9.17) is 16.3 Å². The number of hydrogen-bond acceptors (Lipinski definition) is 6. The third kappa shape index (κ3) is 3.85. The van der Waals surface area contributed by atoms with Gasteiger partial charge in [-0.15, -0.1) is 0 Å². The lowest BCUT2D eigenvalue weighted by Crippen LogP contribution is -2.42. The fourth-order valence-corrected chi connectivity index (χ4v) is 4.44. The molecule has 1 saturated heterocycles. The quantitative estimate of drug-likeness (QED) is 0.499. The van der Waals surface area contributed by atoms with Gasteiger partial charge in [0.15, 0.2) is 0 Å². The second-order valence-electron chi connectivity index (χ2n) is 6.73. The Labute approximate surface area is 183 Å². The number of carbonyl (C=O) groups is 3. The number of methoxy groups -OCH3 is 2. The number of benzene rings is 1. The molecule has 2 heterocycles. The molecule has 3 rings (SSSR count). The van der Waals surface area contributed by atoms with Crippen molar-refractivity contribution in [3.05, 3.63) is 51.1 Å². The van der Waals surface area contributed by atoms with Gasteiger partial charge < -0.3 is 14.0 Å². The number of aromatic nitrogens is 1. The van der Waals surface area contributed by atoms with E-state index in [1.54, 1.807) is 31.4 Å². The van der Waals surface area contributed by atoms with Crippen LogP contribution in [0.4, 0.5) is 4.79 Å². The molecule has 2 amide bonds. The van der Waals surface area contributed by atoms with Gasteiger partial charge in [-0.1, -0.05) is 11.6 Å². The Kier molecular flexibility index (Phi) is 6.28. The summed E-state index contributed by atoms with van der Waals surface area (Å²) in [5, 5.41) is 0.0623. The number of hydrogen-bond donors (Lipinski definition) is 0. The molecule has 1 aromatic carbocycles. The lowest BCUT2D eigenvalue weighted by atomic mass is 10.2. The normalized spacial score (nSPS) is 16.3. The van der Waals surface area contributed by atoms with Gasteiger partial charge in [0.25, 0.3) is 11.1 Å². The first-order valence-electron chi connectivity index (χ1n) is 9.07. The predicted molar refractivity (Wildman–Crippen MR) is 116 cm³/mol. The summed E-state index contributed by atoms with van der Waals surface area (Å²) in [6.45, 7) is 5.29. The van der Waals surface area contributed by atoms with Crippen LogP contribution >= 0.6 is 23.4 Å². The van der Waals surface area contributed by atoms with Gasteiger partial charge >= 0.3 is 5.97 Å². The van der Waals surface area contributed by atoms with Crippen LogP contribution in [0, 0.1) is 13.8 Å². The summed E-state index contributed by atoms with van der Waals surface area (Å²) in [5.74, 6) is -0.516. The Morgan fingerprint density at radius 2 is 1.90 bits per heavy atom. The molecule has 1 atom stereocenters. The zero-order valence-electron chi connectivity index (χ0n) is 17.2. The van der Waals surface area contributed by atoms with Gasteiger partial charge in [-0.3, -0.25) is 14.5 Å². The lowest BCUT2D eigenvalue weighted by molar-refractivity contribution is -0.148. The number of nitrogens with zero attached hydrogens (tertiary/aromatic N) is 2. The molecule has 0 saturated carbocycles. The van der Waals surface area contributed by atoms with E-state index in [9.17, 15) is 14.4 Å². The number of carbonyl (C=O) groups excluding carboxylic acids is 3. The van der Waals surface area contributed by atoms with E-state index in [0.29, 0.717) is 10.8 Å². The van der Waals surface area contributed by atoms with Gasteiger partial charge in [0.2, 0.25) is 0 Å². The number of rotatable bonds is 5. The molecule has 1 fully saturated rings. The molecule has 1 aliphatic heterocycles. The van der Waals surface area contributed by atoms with E-state index >= 15 is 0 Å². The summed E-state index contributed by atoms with van der Waals surface area (Å²) < 4.78 is 12.1. The molecule has 158 valence electrons. The van der Waals surface area contributed by atoms with Crippen molar-refractivity contribution >= 4 is 46.6 Å². The zero-order chi connectivity index (χ0) is 22.2. The Morgan fingerprint density at radius 3 is 2.53 bits per heavy atom. The zero-order valence-corrected chi connectivity index (χ0v) is 18.8. The molecule has 0 unspecified atom stereocenters. The van der Waals surface area contributed by atoms with Gasteiger partial charge in [-0.05, 0) is 68.4 Å². The highest BCUT2D eigenvalue weighted by molar-refractivity contribution is 8.18. The summed E-state index contributed by atoms with van der Waals surface area (Å²) in [7, 11) is 2.80. The summed E-state index contributed by atoms with van der Waals surface area (Å²) in [5.41, 5.74) is 3.29. The van der Waals surface area contributed by atoms with Crippen LogP contribution in [-0.2, 0) is 14.3 Å². The fourth-order valence-electron chi connectivity index (χ4n) is 3.37. The van der Waals surface area contributed by atoms with Gasteiger partial charge in [0.1, 0.15) is 11.8 Å². The van der Waals surface area contributed by atoms with Crippen molar-refractivity contribution in [3.8, 4) is 11.4 Å². The number of amides is 2. The highest BCUT2D eigenvalue weighted by Crippen LogP contribution is 2.36. The molecule has 2 aromatic rings. The number of ether oxygens (including phenoxy) is 2. The van der Waals surface area contributed by atoms with Gasteiger partial charge in [0.05, 0.1) is 24.8 Å². The maximum Gasteiger partial charge on any atom is 0.328 e. The van der Waals surface area contributed by atoms with E-state index in [-0.39, 0.29) is 4.91 Å². The minimum Gasteiger partial charge on any atom is -0.495 e. The van der Waals surface area contributed by atoms with Crippen LogP contribution in [0.25, 0.3) is 11.8 Å². The first-order valence-corrected chi connectivity index (χ1v) is 10.3. The van der Waals surface area contributed by atoms with Crippen LogP contribution in [0.15, 0.2) is 29.2 Å². The Morgan fingerprint density at radius 1 is 1.20 bits per heavy atom. The molecular formula is C21H21ClN2O5S. The first-order chi connectivity index (χ1) is 14.2.